The first-order valence-corrected chi connectivity index (χ1v) is 6.84. The van der Waals surface area contributed by atoms with E-state index in [0.717, 1.165) is 21.8 Å². The van der Waals surface area contributed by atoms with Crippen molar-refractivity contribution in [3.05, 3.63) is 51.9 Å². The first-order chi connectivity index (χ1) is 8.61. The average Bonchev–Trinajstić information content (AvgIpc) is 2.57. The van der Waals surface area contributed by atoms with E-state index < -0.39 is 0 Å². The highest BCUT2D eigenvalue weighted by molar-refractivity contribution is 9.10. The number of nitrogens with zero attached hydrogens (tertiary/aromatic N) is 1. The molecule has 0 N–H and O–H groups in total. The molecule has 0 unspecified atom stereocenters. The zero-order valence-electron chi connectivity index (χ0n) is 9.43. The number of rotatable bonds is 3. The fourth-order valence-electron chi connectivity index (χ4n) is 1.53. The lowest BCUT2D eigenvalue weighted by molar-refractivity contribution is -0.122. The Morgan fingerprint density at radius 1 is 1.39 bits per heavy atom. The highest BCUT2D eigenvalue weighted by Crippen LogP contribution is 2.32. The first-order valence-electron chi connectivity index (χ1n) is 5.23. The van der Waals surface area contributed by atoms with Crippen LogP contribution in [0.2, 0.25) is 0 Å². The number of hydrogen-bond donors (Lipinski definition) is 0. The van der Waals surface area contributed by atoms with Crippen LogP contribution in [-0.2, 0) is 4.79 Å². The molecule has 0 atom stereocenters. The van der Waals surface area contributed by atoms with E-state index in [1.165, 1.54) is 4.90 Å². The normalized spacial score (nSPS) is 17.6. The van der Waals surface area contributed by atoms with Crippen LogP contribution < -0.4 is 0 Å². The molecule has 1 saturated heterocycles. The minimum atomic E-state index is -0.259. The summed E-state index contributed by atoms with van der Waals surface area (Å²) in [5.74, 6) is -0.259. The Morgan fingerprint density at radius 2 is 2.17 bits per heavy atom. The Labute approximate surface area is 118 Å². The molecule has 1 aromatic rings. The number of halogens is 1. The van der Waals surface area contributed by atoms with Gasteiger partial charge in [0.15, 0.2) is 0 Å². The van der Waals surface area contributed by atoms with Crippen LogP contribution in [-0.4, -0.2) is 22.6 Å². The third kappa shape index (κ3) is 2.73. The zero-order chi connectivity index (χ0) is 13.1. The van der Waals surface area contributed by atoms with Gasteiger partial charge in [-0.1, -0.05) is 34.1 Å². The summed E-state index contributed by atoms with van der Waals surface area (Å²) in [7, 11) is 0. The van der Waals surface area contributed by atoms with Crippen molar-refractivity contribution in [2.45, 2.75) is 0 Å². The molecule has 0 radical (unpaired) electrons. The lowest BCUT2D eigenvalue weighted by atomic mass is 10.2. The number of amides is 2. The standard InChI is InChI=1S/C13H10BrNO2S/c1-2-6-15-12(16)11(18-13(15)17)8-9-4-3-5-10(14)7-9/h2-5,7-8H,1,6H2/b11-8+. The maximum absolute atomic E-state index is 12.0. The summed E-state index contributed by atoms with van der Waals surface area (Å²) in [5, 5.41) is -0.249. The Hall–Kier alpha value is -1.33. The van der Waals surface area contributed by atoms with Gasteiger partial charge in [-0.25, -0.2) is 0 Å². The van der Waals surface area contributed by atoms with E-state index in [9.17, 15) is 9.59 Å². The van der Waals surface area contributed by atoms with Crippen LogP contribution in [0.25, 0.3) is 6.08 Å². The van der Waals surface area contributed by atoms with Crippen molar-refractivity contribution in [3.63, 3.8) is 0 Å². The molecule has 1 heterocycles. The monoisotopic (exact) mass is 323 g/mol. The fraction of sp³-hybridized carbons (Fsp3) is 0.0769. The fourth-order valence-corrected chi connectivity index (χ4v) is 2.80. The molecule has 3 nitrogen and oxygen atoms in total. The van der Waals surface area contributed by atoms with Gasteiger partial charge in [-0.05, 0) is 35.5 Å². The van der Waals surface area contributed by atoms with E-state index in [1.807, 2.05) is 24.3 Å². The second-order valence-electron chi connectivity index (χ2n) is 3.64. The molecule has 1 aliphatic rings. The highest BCUT2D eigenvalue weighted by atomic mass is 79.9. The minimum Gasteiger partial charge on any atom is -0.268 e. The van der Waals surface area contributed by atoms with E-state index in [2.05, 4.69) is 22.5 Å². The van der Waals surface area contributed by atoms with Gasteiger partial charge >= 0.3 is 0 Å². The molecular formula is C13H10BrNO2S. The van der Waals surface area contributed by atoms with Gasteiger partial charge in [-0.15, -0.1) is 6.58 Å². The largest absolute Gasteiger partial charge is 0.293 e. The summed E-state index contributed by atoms with van der Waals surface area (Å²) in [5.41, 5.74) is 0.883. The van der Waals surface area contributed by atoms with Crippen LogP contribution in [0, 0.1) is 0 Å². The predicted molar refractivity (Wildman–Crippen MR) is 77.0 cm³/mol. The summed E-state index contributed by atoms with van der Waals surface area (Å²) in [4.78, 5) is 25.2. The smallest absolute Gasteiger partial charge is 0.268 e. The van der Waals surface area contributed by atoms with Crippen molar-refractivity contribution in [1.82, 2.24) is 4.90 Å². The van der Waals surface area contributed by atoms with Gasteiger partial charge in [0.1, 0.15) is 0 Å². The van der Waals surface area contributed by atoms with Crippen molar-refractivity contribution in [1.29, 1.82) is 0 Å². The van der Waals surface area contributed by atoms with Crippen LogP contribution in [0.3, 0.4) is 0 Å². The van der Waals surface area contributed by atoms with Crippen LogP contribution in [0.4, 0.5) is 4.79 Å². The molecule has 92 valence electrons. The van der Waals surface area contributed by atoms with Crippen LogP contribution in [0.1, 0.15) is 5.56 Å². The zero-order valence-corrected chi connectivity index (χ0v) is 11.8. The molecule has 1 aromatic carbocycles. The molecule has 2 rings (SSSR count). The number of hydrogen-bond acceptors (Lipinski definition) is 3. The van der Waals surface area contributed by atoms with Crippen LogP contribution in [0.5, 0.6) is 0 Å². The van der Waals surface area contributed by atoms with Gasteiger partial charge in [0, 0.05) is 11.0 Å². The van der Waals surface area contributed by atoms with E-state index >= 15 is 0 Å². The Morgan fingerprint density at radius 3 is 2.83 bits per heavy atom. The van der Waals surface area contributed by atoms with Crippen molar-refractivity contribution < 1.29 is 9.59 Å². The summed E-state index contributed by atoms with van der Waals surface area (Å²) in [6.07, 6.45) is 3.26. The molecule has 0 saturated carbocycles. The lowest BCUT2D eigenvalue weighted by Crippen LogP contribution is -2.27. The molecule has 1 fully saturated rings. The predicted octanol–water partition coefficient (Wildman–Crippen LogP) is 3.67. The number of carbonyl (C=O) groups excluding carboxylic acids is 2. The highest BCUT2D eigenvalue weighted by Gasteiger charge is 2.33. The molecule has 0 bridgehead atoms. The second-order valence-corrected chi connectivity index (χ2v) is 5.54. The van der Waals surface area contributed by atoms with Crippen molar-refractivity contribution in [2.75, 3.05) is 6.54 Å². The number of carbonyl (C=O) groups is 2. The van der Waals surface area contributed by atoms with E-state index in [4.69, 9.17) is 0 Å². The Kier molecular flexibility index (Phi) is 4.04. The van der Waals surface area contributed by atoms with Crippen LogP contribution >= 0.6 is 27.7 Å². The Balaban J connectivity index is 2.27. The van der Waals surface area contributed by atoms with Crippen molar-refractivity contribution >= 4 is 44.9 Å². The first kappa shape index (κ1) is 13.1. The van der Waals surface area contributed by atoms with Crippen molar-refractivity contribution in [3.8, 4) is 0 Å². The van der Waals surface area contributed by atoms with E-state index in [0.29, 0.717) is 4.91 Å². The molecule has 0 aromatic heterocycles. The lowest BCUT2D eigenvalue weighted by Gasteiger charge is -2.07. The quantitative estimate of drug-likeness (QED) is 0.629. The number of benzene rings is 1. The molecule has 18 heavy (non-hydrogen) atoms. The summed E-state index contributed by atoms with van der Waals surface area (Å²) < 4.78 is 0.932. The number of imide groups is 1. The third-order valence-corrected chi connectivity index (χ3v) is 3.73. The summed E-state index contributed by atoms with van der Waals surface area (Å²) >= 11 is 4.32. The van der Waals surface area contributed by atoms with Gasteiger partial charge < -0.3 is 0 Å². The average molecular weight is 324 g/mol. The molecule has 5 heteroatoms. The topological polar surface area (TPSA) is 37.4 Å². The molecule has 1 aliphatic heterocycles. The van der Waals surface area contributed by atoms with Gasteiger partial charge in [-0.3, -0.25) is 14.5 Å². The third-order valence-electron chi connectivity index (χ3n) is 2.33. The maximum Gasteiger partial charge on any atom is 0.293 e. The minimum absolute atomic E-state index is 0.249. The SMILES string of the molecule is C=CCN1C(=O)S/C(=C/c2cccc(Br)c2)C1=O. The second kappa shape index (κ2) is 5.54. The van der Waals surface area contributed by atoms with Gasteiger partial charge in [0.25, 0.3) is 11.1 Å². The van der Waals surface area contributed by atoms with E-state index in [1.54, 1.807) is 12.2 Å². The molecule has 0 aliphatic carbocycles. The molecule has 2 amide bonds. The van der Waals surface area contributed by atoms with E-state index in [-0.39, 0.29) is 17.7 Å². The van der Waals surface area contributed by atoms with Crippen molar-refractivity contribution in [2.24, 2.45) is 0 Å². The molecular weight excluding hydrogens is 314 g/mol. The Bertz CT molecular complexity index is 554. The van der Waals surface area contributed by atoms with Crippen LogP contribution in [0.15, 0.2) is 46.3 Å². The summed E-state index contributed by atoms with van der Waals surface area (Å²) in [6.45, 7) is 3.78. The number of thioether (sulfide) groups is 1. The van der Waals surface area contributed by atoms with Gasteiger partial charge in [0.05, 0.1) is 4.91 Å². The van der Waals surface area contributed by atoms with Gasteiger partial charge in [-0.2, -0.15) is 0 Å². The van der Waals surface area contributed by atoms with Gasteiger partial charge in [0.2, 0.25) is 0 Å². The molecule has 0 spiro atoms. The maximum atomic E-state index is 12.0. The summed E-state index contributed by atoms with van der Waals surface area (Å²) in [6, 6.07) is 7.55.